The predicted molar refractivity (Wildman–Crippen MR) is 95.8 cm³/mol. The molecule has 1 heterocycles. The van der Waals surface area contributed by atoms with E-state index < -0.39 is 0 Å². The van der Waals surface area contributed by atoms with Crippen LogP contribution in [-0.4, -0.2) is 37.0 Å². The average Bonchev–Trinajstić information content (AvgIpc) is 3.07. The maximum absolute atomic E-state index is 12.8. The van der Waals surface area contributed by atoms with Crippen LogP contribution in [-0.2, 0) is 4.79 Å². The molecular weight excluding hydrogens is 331 g/mol. The van der Waals surface area contributed by atoms with E-state index in [0.717, 1.165) is 26.2 Å². The molecule has 3 nitrogen and oxygen atoms in total. The van der Waals surface area contributed by atoms with Gasteiger partial charge < -0.3 is 9.80 Å². The molecule has 3 rings (SSSR count). The van der Waals surface area contributed by atoms with Crippen molar-refractivity contribution in [3.63, 3.8) is 0 Å². The van der Waals surface area contributed by atoms with Crippen molar-refractivity contribution in [3.05, 3.63) is 40.9 Å². The summed E-state index contributed by atoms with van der Waals surface area (Å²) in [5.74, 6) is 0.379. The first-order chi connectivity index (χ1) is 10.9. The van der Waals surface area contributed by atoms with Crippen LogP contribution in [0.3, 0.4) is 0 Å². The molecule has 23 heavy (non-hydrogen) atoms. The van der Waals surface area contributed by atoms with Crippen molar-refractivity contribution in [2.75, 3.05) is 31.1 Å². The second-order valence-corrected chi connectivity index (χ2v) is 7.94. The van der Waals surface area contributed by atoms with Gasteiger partial charge in [-0.2, -0.15) is 0 Å². The molecule has 2 atom stereocenters. The zero-order valence-corrected chi connectivity index (χ0v) is 15.0. The Kier molecular flexibility index (Phi) is 4.61. The quantitative estimate of drug-likeness (QED) is 0.822. The van der Waals surface area contributed by atoms with Crippen molar-refractivity contribution < 1.29 is 4.79 Å². The van der Waals surface area contributed by atoms with Crippen LogP contribution < -0.4 is 4.90 Å². The van der Waals surface area contributed by atoms with Crippen molar-refractivity contribution >= 4 is 34.8 Å². The number of nitrogens with zero attached hydrogens (tertiary/aromatic N) is 2. The molecule has 0 unspecified atom stereocenters. The van der Waals surface area contributed by atoms with Gasteiger partial charge in [0.25, 0.3) is 0 Å². The average molecular weight is 353 g/mol. The molecule has 1 saturated heterocycles. The Hall–Kier alpha value is -1.19. The predicted octanol–water partition coefficient (Wildman–Crippen LogP) is 3.93. The van der Waals surface area contributed by atoms with Crippen LogP contribution in [0.1, 0.15) is 13.8 Å². The first kappa shape index (κ1) is 16.7. The lowest BCUT2D eigenvalue weighted by Gasteiger charge is -2.36. The molecule has 0 N–H and O–H groups in total. The Morgan fingerprint density at radius 2 is 1.74 bits per heavy atom. The molecule has 0 spiro atoms. The molecule has 1 aliphatic heterocycles. The first-order valence-corrected chi connectivity index (χ1v) is 8.78. The minimum atomic E-state index is -0.0529. The highest BCUT2D eigenvalue weighted by Gasteiger charge is 2.61. The van der Waals surface area contributed by atoms with Gasteiger partial charge in [-0.1, -0.05) is 55.2 Å². The van der Waals surface area contributed by atoms with E-state index in [2.05, 4.69) is 30.9 Å². The minimum Gasteiger partial charge on any atom is -0.368 e. The van der Waals surface area contributed by atoms with Crippen molar-refractivity contribution in [2.45, 2.75) is 13.8 Å². The number of hydrogen-bond donors (Lipinski definition) is 0. The molecule has 1 saturated carbocycles. The molecule has 0 aromatic heterocycles. The van der Waals surface area contributed by atoms with Crippen LogP contribution >= 0.6 is 23.2 Å². The number of hydrogen-bond acceptors (Lipinski definition) is 2. The fraction of sp³-hybridized carbons (Fsp3) is 0.500. The first-order valence-electron chi connectivity index (χ1n) is 8.03. The number of rotatable bonds is 3. The van der Waals surface area contributed by atoms with Crippen LogP contribution in [0.2, 0.25) is 0 Å². The highest BCUT2D eigenvalue weighted by atomic mass is 35.5. The van der Waals surface area contributed by atoms with E-state index in [4.69, 9.17) is 23.2 Å². The summed E-state index contributed by atoms with van der Waals surface area (Å²) < 4.78 is 0.257. The SMILES string of the molecule is CC1(C)[C@@H](C=C(Cl)Cl)[C@@H]1C(=O)N1CCN(c2ccccc2)CC1. The number of carbonyl (C=O) groups is 1. The van der Waals surface area contributed by atoms with Gasteiger partial charge in [0, 0.05) is 31.9 Å². The smallest absolute Gasteiger partial charge is 0.226 e. The molecule has 124 valence electrons. The van der Waals surface area contributed by atoms with Gasteiger partial charge in [0.2, 0.25) is 5.91 Å². The van der Waals surface area contributed by atoms with Gasteiger partial charge in [-0.15, -0.1) is 0 Å². The Balaban J connectivity index is 1.60. The van der Waals surface area contributed by atoms with Gasteiger partial charge in [-0.25, -0.2) is 0 Å². The highest BCUT2D eigenvalue weighted by molar-refractivity contribution is 6.55. The topological polar surface area (TPSA) is 23.6 Å². The summed E-state index contributed by atoms with van der Waals surface area (Å²) >= 11 is 11.6. The van der Waals surface area contributed by atoms with Gasteiger partial charge >= 0.3 is 0 Å². The zero-order valence-electron chi connectivity index (χ0n) is 13.5. The molecule has 2 fully saturated rings. The summed E-state index contributed by atoms with van der Waals surface area (Å²) in [7, 11) is 0. The van der Waals surface area contributed by atoms with E-state index in [1.165, 1.54) is 5.69 Å². The van der Waals surface area contributed by atoms with E-state index >= 15 is 0 Å². The van der Waals surface area contributed by atoms with E-state index in [-0.39, 0.29) is 27.6 Å². The van der Waals surface area contributed by atoms with Crippen molar-refractivity contribution in [1.29, 1.82) is 0 Å². The molecule has 5 heteroatoms. The molecule has 2 aliphatic rings. The number of anilines is 1. The molecule has 1 aromatic rings. The summed E-state index contributed by atoms with van der Waals surface area (Å²) in [6.07, 6.45) is 1.81. The Morgan fingerprint density at radius 1 is 1.13 bits per heavy atom. The molecule has 0 radical (unpaired) electrons. The lowest BCUT2D eigenvalue weighted by atomic mass is 10.1. The number of benzene rings is 1. The van der Waals surface area contributed by atoms with Crippen LogP contribution in [0, 0.1) is 17.3 Å². The number of halogens is 2. The largest absolute Gasteiger partial charge is 0.368 e. The van der Waals surface area contributed by atoms with Crippen molar-refractivity contribution in [1.82, 2.24) is 4.90 Å². The third-order valence-corrected chi connectivity index (χ3v) is 5.45. The Bertz CT molecular complexity index is 603. The summed E-state index contributed by atoms with van der Waals surface area (Å²) in [4.78, 5) is 17.1. The lowest BCUT2D eigenvalue weighted by molar-refractivity contribution is -0.133. The molecule has 1 aromatic carbocycles. The van der Waals surface area contributed by atoms with Crippen LogP contribution in [0.15, 0.2) is 40.9 Å². The molecular formula is C18H22Cl2N2O. The maximum atomic E-state index is 12.8. The number of amides is 1. The lowest BCUT2D eigenvalue weighted by Crippen LogP contribution is -2.49. The third-order valence-electron chi connectivity index (χ3n) is 5.19. The third kappa shape index (κ3) is 3.36. The fourth-order valence-electron chi connectivity index (χ4n) is 3.62. The molecule has 1 amide bonds. The van der Waals surface area contributed by atoms with E-state index in [1.807, 2.05) is 29.2 Å². The van der Waals surface area contributed by atoms with Crippen molar-refractivity contribution in [3.8, 4) is 0 Å². The second kappa shape index (κ2) is 6.37. The number of allylic oxidation sites excluding steroid dienone is 1. The standard InChI is InChI=1S/C18H22Cl2N2O/c1-18(2)14(12-15(19)20)16(18)17(23)22-10-8-21(9-11-22)13-6-4-3-5-7-13/h3-7,12,14,16H,8-11H2,1-2H3/t14-,16+/m0/s1. The van der Waals surface area contributed by atoms with Gasteiger partial charge in [0.05, 0.1) is 5.92 Å². The van der Waals surface area contributed by atoms with Gasteiger partial charge in [0.15, 0.2) is 0 Å². The Labute approximate surface area is 147 Å². The van der Waals surface area contributed by atoms with Gasteiger partial charge in [-0.05, 0) is 29.5 Å². The van der Waals surface area contributed by atoms with E-state index in [9.17, 15) is 4.79 Å². The van der Waals surface area contributed by atoms with E-state index in [0.29, 0.717) is 0 Å². The molecule has 0 bridgehead atoms. The number of carbonyl (C=O) groups excluding carboxylic acids is 1. The fourth-order valence-corrected chi connectivity index (χ4v) is 3.89. The summed E-state index contributed by atoms with van der Waals surface area (Å²) in [5.41, 5.74) is 1.17. The normalized spacial score (nSPS) is 25.9. The van der Waals surface area contributed by atoms with Crippen LogP contribution in [0.5, 0.6) is 0 Å². The highest BCUT2D eigenvalue weighted by Crippen LogP contribution is 2.60. The Morgan fingerprint density at radius 3 is 2.30 bits per heavy atom. The monoisotopic (exact) mass is 352 g/mol. The van der Waals surface area contributed by atoms with E-state index in [1.54, 1.807) is 0 Å². The number of piperazine rings is 1. The van der Waals surface area contributed by atoms with Gasteiger partial charge in [0.1, 0.15) is 4.49 Å². The van der Waals surface area contributed by atoms with Crippen molar-refractivity contribution in [2.24, 2.45) is 17.3 Å². The maximum Gasteiger partial charge on any atom is 0.226 e. The number of para-hydroxylation sites is 1. The van der Waals surface area contributed by atoms with Gasteiger partial charge in [-0.3, -0.25) is 4.79 Å². The summed E-state index contributed by atoms with van der Waals surface area (Å²) in [6.45, 7) is 7.50. The molecule has 1 aliphatic carbocycles. The van der Waals surface area contributed by atoms with Crippen LogP contribution in [0.4, 0.5) is 5.69 Å². The van der Waals surface area contributed by atoms with Crippen LogP contribution in [0.25, 0.3) is 0 Å². The minimum absolute atomic E-state index is 0.00160. The summed E-state index contributed by atoms with van der Waals surface area (Å²) in [5, 5.41) is 0. The zero-order chi connectivity index (χ0) is 16.6. The second-order valence-electron chi connectivity index (χ2n) is 6.93. The summed E-state index contributed by atoms with van der Waals surface area (Å²) in [6, 6.07) is 10.3.